The first kappa shape index (κ1) is 13.0. The normalized spacial score (nSPS) is 41.0. The number of hydrogen-bond donors (Lipinski definition) is 1. The first-order valence-corrected chi connectivity index (χ1v) is 6.28. The minimum absolute atomic E-state index is 0.239. The molecule has 90 valence electrons. The number of ether oxygens (including phenoxy) is 1. The van der Waals surface area contributed by atoms with E-state index in [4.69, 9.17) is 9.84 Å². The number of aliphatic hydroxyl groups is 1. The van der Waals surface area contributed by atoms with Crippen molar-refractivity contribution < 1.29 is 9.84 Å². The van der Waals surface area contributed by atoms with Gasteiger partial charge in [0.2, 0.25) is 0 Å². The summed E-state index contributed by atoms with van der Waals surface area (Å²) in [5.74, 6) is 3.86. The van der Waals surface area contributed by atoms with E-state index >= 15 is 0 Å². The van der Waals surface area contributed by atoms with Crippen LogP contribution in [0.1, 0.15) is 34.1 Å². The van der Waals surface area contributed by atoms with E-state index in [0.717, 1.165) is 36.7 Å². The van der Waals surface area contributed by atoms with Gasteiger partial charge in [-0.05, 0) is 36.0 Å². The van der Waals surface area contributed by atoms with E-state index in [-0.39, 0.29) is 6.61 Å². The second-order valence-electron chi connectivity index (χ2n) is 5.25. The highest BCUT2D eigenvalue weighted by Gasteiger charge is 2.41. The van der Waals surface area contributed by atoms with Gasteiger partial charge in [-0.15, -0.1) is 0 Å². The molecule has 1 N–H and O–H groups in total. The van der Waals surface area contributed by atoms with Crippen molar-refractivity contribution in [2.75, 3.05) is 19.8 Å². The lowest BCUT2D eigenvalue weighted by molar-refractivity contribution is 0.0616. The Labute approximate surface area is 94.0 Å². The Bertz CT molecular complexity index is 167. The molecule has 0 saturated heterocycles. The van der Waals surface area contributed by atoms with Gasteiger partial charge in [-0.25, -0.2) is 0 Å². The van der Waals surface area contributed by atoms with Crippen LogP contribution >= 0.6 is 0 Å². The van der Waals surface area contributed by atoms with Gasteiger partial charge < -0.3 is 9.84 Å². The Balaban J connectivity index is 2.34. The second kappa shape index (κ2) is 5.86. The van der Waals surface area contributed by atoms with Crippen molar-refractivity contribution in [3.05, 3.63) is 0 Å². The molecule has 0 aliphatic heterocycles. The molecule has 4 unspecified atom stereocenters. The predicted octanol–water partition coefficient (Wildman–Crippen LogP) is 2.56. The standard InChI is InChI=1S/C13H26O2/c1-9-10(2)12(4)13(11(9)3)8-15-7-5-6-14/h9-14H,5-8H2,1-4H3. The first-order valence-electron chi connectivity index (χ1n) is 6.28. The predicted molar refractivity (Wildman–Crippen MR) is 62.7 cm³/mol. The van der Waals surface area contributed by atoms with Crippen LogP contribution in [0, 0.1) is 29.6 Å². The molecule has 4 atom stereocenters. The lowest BCUT2D eigenvalue weighted by atomic mass is 9.90. The molecule has 1 saturated carbocycles. The summed E-state index contributed by atoms with van der Waals surface area (Å²) in [6.45, 7) is 11.2. The van der Waals surface area contributed by atoms with Gasteiger partial charge >= 0.3 is 0 Å². The fourth-order valence-electron chi connectivity index (χ4n) is 2.91. The quantitative estimate of drug-likeness (QED) is 0.713. The molecule has 1 aliphatic rings. The third-order valence-corrected chi connectivity index (χ3v) is 4.60. The van der Waals surface area contributed by atoms with Gasteiger partial charge in [0.1, 0.15) is 0 Å². The Morgan fingerprint density at radius 3 is 1.93 bits per heavy atom. The Hall–Kier alpha value is -0.0800. The van der Waals surface area contributed by atoms with Crippen molar-refractivity contribution in [1.82, 2.24) is 0 Å². The monoisotopic (exact) mass is 214 g/mol. The highest BCUT2D eigenvalue weighted by Crippen LogP contribution is 2.45. The van der Waals surface area contributed by atoms with Crippen LogP contribution < -0.4 is 0 Å². The molecule has 2 heteroatoms. The van der Waals surface area contributed by atoms with E-state index in [1.807, 2.05) is 0 Å². The van der Waals surface area contributed by atoms with E-state index < -0.39 is 0 Å². The molecule has 2 nitrogen and oxygen atoms in total. The van der Waals surface area contributed by atoms with Crippen LogP contribution in [-0.2, 0) is 4.74 Å². The van der Waals surface area contributed by atoms with Crippen LogP contribution in [0.15, 0.2) is 0 Å². The molecule has 15 heavy (non-hydrogen) atoms. The Morgan fingerprint density at radius 1 is 0.933 bits per heavy atom. The molecule has 1 fully saturated rings. The summed E-state index contributed by atoms with van der Waals surface area (Å²) in [5.41, 5.74) is 0. The Morgan fingerprint density at radius 2 is 1.47 bits per heavy atom. The lowest BCUT2D eigenvalue weighted by Crippen LogP contribution is -2.20. The maximum atomic E-state index is 8.67. The number of hydrogen-bond acceptors (Lipinski definition) is 2. The highest BCUT2D eigenvalue weighted by molar-refractivity contribution is 4.89. The van der Waals surface area contributed by atoms with Crippen LogP contribution in [0.2, 0.25) is 0 Å². The summed E-state index contributed by atoms with van der Waals surface area (Å²) < 4.78 is 5.64. The van der Waals surface area contributed by atoms with E-state index in [1.54, 1.807) is 0 Å². The van der Waals surface area contributed by atoms with E-state index in [9.17, 15) is 0 Å². The van der Waals surface area contributed by atoms with Crippen molar-refractivity contribution in [2.24, 2.45) is 29.6 Å². The Kier molecular flexibility index (Phi) is 5.07. The van der Waals surface area contributed by atoms with Gasteiger partial charge in [0.05, 0.1) is 0 Å². The molecule has 1 rings (SSSR count). The summed E-state index contributed by atoms with van der Waals surface area (Å²) >= 11 is 0. The molecule has 0 heterocycles. The van der Waals surface area contributed by atoms with Gasteiger partial charge in [0.25, 0.3) is 0 Å². The van der Waals surface area contributed by atoms with Crippen LogP contribution in [-0.4, -0.2) is 24.9 Å². The average molecular weight is 214 g/mol. The van der Waals surface area contributed by atoms with Gasteiger partial charge in [-0.1, -0.05) is 27.7 Å². The zero-order chi connectivity index (χ0) is 11.4. The molecule has 0 amide bonds. The van der Waals surface area contributed by atoms with Crippen molar-refractivity contribution in [2.45, 2.75) is 34.1 Å². The van der Waals surface area contributed by atoms with Crippen molar-refractivity contribution in [3.63, 3.8) is 0 Å². The largest absolute Gasteiger partial charge is 0.396 e. The molecule has 0 spiro atoms. The fourth-order valence-corrected chi connectivity index (χ4v) is 2.91. The molecule has 0 aromatic carbocycles. The van der Waals surface area contributed by atoms with Gasteiger partial charge in [0.15, 0.2) is 0 Å². The summed E-state index contributed by atoms with van der Waals surface area (Å²) in [7, 11) is 0. The smallest absolute Gasteiger partial charge is 0.0499 e. The minimum atomic E-state index is 0.239. The van der Waals surface area contributed by atoms with Crippen molar-refractivity contribution in [1.29, 1.82) is 0 Å². The molecule has 0 aromatic heterocycles. The highest BCUT2D eigenvalue weighted by atomic mass is 16.5. The maximum Gasteiger partial charge on any atom is 0.0499 e. The second-order valence-corrected chi connectivity index (χ2v) is 5.25. The van der Waals surface area contributed by atoms with Crippen LogP contribution in [0.3, 0.4) is 0 Å². The molecular formula is C13H26O2. The van der Waals surface area contributed by atoms with E-state index in [0.29, 0.717) is 12.5 Å². The van der Waals surface area contributed by atoms with Gasteiger partial charge in [-0.2, -0.15) is 0 Å². The molecule has 0 radical (unpaired) electrons. The third-order valence-electron chi connectivity index (χ3n) is 4.60. The maximum absolute atomic E-state index is 8.67. The zero-order valence-electron chi connectivity index (χ0n) is 10.6. The summed E-state index contributed by atoms with van der Waals surface area (Å²) in [6, 6.07) is 0. The average Bonchev–Trinajstić information content (AvgIpc) is 2.41. The molecule has 1 aliphatic carbocycles. The van der Waals surface area contributed by atoms with Crippen LogP contribution in [0.5, 0.6) is 0 Å². The van der Waals surface area contributed by atoms with Gasteiger partial charge in [-0.3, -0.25) is 0 Å². The first-order chi connectivity index (χ1) is 7.09. The van der Waals surface area contributed by atoms with Crippen molar-refractivity contribution in [3.8, 4) is 0 Å². The fraction of sp³-hybridized carbons (Fsp3) is 1.00. The van der Waals surface area contributed by atoms with E-state index in [1.165, 1.54) is 0 Å². The molecule has 0 bridgehead atoms. The van der Waals surface area contributed by atoms with Gasteiger partial charge in [0, 0.05) is 19.8 Å². The molecular weight excluding hydrogens is 188 g/mol. The topological polar surface area (TPSA) is 29.5 Å². The van der Waals surface area contributed by atoms with Crippen LogP contribution in [0.25, 0.3) is 0 Å². The summed E-state index contributed by atoms with van der Waals surface area (Å²) in [6.07, 6.45) is 0.764. The number of rotatable bonds is 5. The summed E-state index contributed by atoms with van der Waals surface area (Å²) in [4.78, 5) is 0. The molecule has 0 aromatic rings. The van der Waals surface area contributed by atoms with Crippen molar-refractivity contribution >= 4 is 0 Å². The lowest BCUT2D eigenvalue weighted by Gasteiger charge is -2.21. The third kappa shape index (κ3) is 2.94. The zero-order valence-corrected chi connectivity index (χ0v) is 10.6. The minimum Gasteiger partial charge on any atom is -0.396 e. The van der Waals surface area contributed by atoms with E-state index in [2.05, 4.69) is 27.7 Å². The number of aliphatic hydroxyl groups excluding tert-OH is 1. The van der Waals surface area contributed by atoms with Crippen LogP contribution in [0.4, 0.5) is 0 Å². The SMILES string of the molecule is CC1C(C)C(C)C(COCCCO)C1C. The summed E-state index contributed by atoms with van der Waals surface area (Å²) in [5, 5.41) is 8.67.